The fourth-order valence-corrected chi connectivity index (χ4v) is 2.44. The van der Waals surface area contributed by atoms with E-state index in [-0.39, 0.29) is 16.5 Å². The smallest absolute Gasteiger partial charge is 0.150 e. The van der Waals surface area contributed by atoms with Gasteiger partial charge in [-0.05, 0) is 25.7 Å². The van der Waals surface area contributed by atoms with Crippen LogP contribution in [0.25, 0.3) is 0 Å². The van der Waals surface area contributed by atoms with E-state index in [1.807, 2.05) is 39.0 Å². The molecule has 0 aromatic carbocycles. The Bertz CT molecular complexity index is 353. The molecule has 0 amide bonds. The van der Waals surface area contributed by atoms with Gasteiger partial charge < -0.3 is 0 Å². The van der Waals surface area contributed by atoms with E-state index in [4.69, 9.17) is 0 Å². The topological polar surface area (TPSA) is 17.1 Å². The van der Waals surface area contributed by atoms with Crippen LogP contribution in [0.15, 0.2) is 49.1 Å². The predicted molar refractivity (Wildman–Crippen MR) is 100.0 cm³/mol. The molecule has 0 aliphatic heterocycles. The van der Waals surface area contributed by atoms with Crippen molar-refractivity contribution < 1.29 is 4.79 Å². The Morgan fingerprint density at radius 1 is 1.29 bits per heavy atom. The van der Waals surface area contributed by atoms with Crippen LogP contribution in [0.5, 0.6) is 0 Å². The number of carbonyl (C=O) groups excluding carboxylic acids is 1. The Balaban J connectivity index is 0. The summed E-state index contributed by atoms with van der Waals surface area (Å²) in [6.45, 7) is 15.7. The second kappa shape index (κ2) is 15.5. The van der Waals surface area contributed by atoms with Crippen molar-refractivity contribution in [2.24, 2.45) is 5.92 Å². The highest BCUT2D eigenvalue weighted by atomic mass is 79.9. The SMILES string of the molecule is C=CCC(C=C)C(Br)C(=O)C/C=C\C(=C/C)CCC.CC. The highest BCUT2D eigenvalue weighted by Gasteiger charge is 2.20. The lowest BCUT2D eigenvalue weighted by Crippen LogP contribution is -2.21. The minimum Gasteiger partial charge on any atom is -0.298 e. The summed E-state index contributed by atoms with van der Waals surface area (Å²) in [6, 6.07) is 0. The number of allylic oxidation sites excluding steroid dienone is 6. The molecule has 1 nitrogen and oxygen atoms in total. The summed E-state index contributed by atoms with van der Waals surface area (Å²) < 4.78 is 0. The van der Waals surface area contributed by atoms with E-state index in [1.165, 1.54) is 5.57 Å². The standard InChI is InChI=1S/C17H25BrO.C2H6/c1-5-10-14(7-3)12-9-13-16(19)17(18)15(8-4)11-6-2;1-2/h6-9,12,15,17H,2,4-5,10-11,13H2,1,3H3;1-2H3/b12-9-,14-7-;. The maximum absolute atomic E-state index is 12.0. The number of halogens is 1. The third-order valence-electron chi connectivity index (χ3n) is 2.99. The number of hydrogen-bond donors (Lipinski definition) is 0. The molecular formula is C19H31BrO. The molecule has 0 bridgehead atoms. The number of rotatable bonds is 10. The van der Waals surface area contributed by atoms with Gasteiger partial charge in [-0.1, -0.05) is 79.1 Å². The zero-order valence-electron chi connectivity index (χ0n) is 14.1. The van der Waals surface area contributed by atoms with Gasteiger partial charge in [-0.15, -0.1) is 13.2 Å². The van der Waals surface area contributed by atoms with Crippen molar-refractivity contribution in [3.8, 4) is 0 Å². The first kappa shape index (κ1) is 22.4. The van der Waals surface area contributed by atoms with E-state index in [1.54, 1.807) is 0 Å². The zero-order valence-corrected chi connectivity index (χ0v) is 15.7. The number of hydrogen-bond acceptors (Lipinski definition) is 1. The Kier molecular flexibility index (Phi) is 16.5. The van der Waals surface area contributed by atoms with E-state index in [2.05, 4.69) is 48.2 Å². The quantitative estimate of drug-likeness (QED) is 0.251. The molecule has 0 saturated heterocycles. The first-order valence-electron chi connectivity index (χ1n) is 7.82. The van der Waals surface area contributed by atoms with Crippen molar-refractivity contribution in [2.75, 3.05) is 0 Å². The van der Waals surface area contributed by atoms with Crippen LogP contribution in [0.3, 0.4) is 0 Å². The molecule has 0 aliphatic rings. The van der Waals surface area contributed by atoms with Gasteiger partial charge in [0.2, 0.25) is 0 Å². The lowest BCUT2D eigenvalue weighted by Gasteiger charge is -2.15. The van der Waals surface area contributed by atoms with Crippen LogP contribution < -0.4 is 0 Å². The summed E-state index contributed by atoms with van der Waals surface area (Å²) >= 11 is 3.47. The van der Waals surface area contributed by atoms with E-state index in [0.29, 0.717) is 6.42 Å². The molecule has 0 spiro atoms. The first-order valence-corrected chi connectivity index (χ1v) is 8.74. The minimum atomic E-state index is -0.173. The van der Waals surface area contributed by atoms with Crippen LogP contribution in [0.4, 0.5) is 0 Å². The molecule has 0 radical (unpaired) electrons. The van der Waals surface area contributed by atoms with Crippen LogP contribution in [-0.2, 0) is 4.79 Å². The van der Waals surface area contributed by atoms with Gasteiger partial charge in [-0.25, -0.2) is 0 Å². The zero-order chi connectivity index (χ0) is 16.7. The fraction of sp³-hybridized carbons (Fsp3) is 0.526. The van der Waals surface area contributed by atoms with Gasteiger partial charge >= 0.3 is 0 Å². The Morgan fingerprint density at radius 2 is 1.90 bits per heavy atom. The molecule has 2 heteroatoms. The maximum Gasteiger partial charge on any atom is 0.150 e. The Hall–Kier alpha value is -0.890. The number of ketones is 1. The van der Waals surface area contributed by atoms with Gasteiger partial charge in [-0.2, -0.15) is 0 Å². The summed E-state index contributed by atoms with van der Waals surface area (Å²) in [6.07, 6.45) is 13.2. The molecule has 0 N–H and O–H groups in total. The molecule has 2 unspecified atom stereocenters. The molecule has 0 rings (SSSR count). The van der Waals surface area contributed by atoms with Gasteiger partial charge in [-0.3, -0.25) is 4.79 Å². The van der Waals surface area contributed by atoms with Crippen LogP contribution in [0, 0.1) is 5.92 Å². The monoisotopic (exact) mass is 354 g/mol. The van der Waals surface area contributed by atoms with Crippen molar-refractivity contribution >= 4 is 21.7 Å². The van der Waals surface area contributed by atoms with Crippen LogP contribution >= 0.6 is 15.9 Å². The second-order valence-electron chi connectivity index (χ2n) is 4.51. The second-order valence-corrected chi connectivity index (χ2v) is 5.50. The van der Waals surface area contributed by atoms with Gasteiger partial charge in [0.15, 0.2) is 5.78 Å². The van der Waals surface area contributed by atoms with Crippen molar-refractivity contribution in [3.63, 3.8) is 0 Å². The van der Waals surface area contributed by atoms with E-state index >= 15 is 0 Å². The van der Waals surface area contributed by atoms with E-state index < -0.39 is 0 Å². The van der Waals surface area contributed by atoms with Crippen molar-refractivity contribution in [1.82, 2.24) is 0 Å². The van der Waals surface area contributed by atoms with E-state index in [0.717, 1.165) is 19.3 Å². The van der Waals surface area contributed by atoms with Gasteiger partial charge in [0.05, 0.1) is 4.83 Å². The molecule has 0 aromatic rings. The van der Waals surface area contributed by atoms with Gasteiger partial charge in [0.25, 0.3) is 0 Å². The molecule has 2 atom stereocenters. The van der Waals surface area contributed by atoms with E-state index in [9.17, 15) is 4.79 Å². The first-order chi connectivity index (χ1) is 10.1. The van der Waals surface area contributed by atoms with Crippen molar-refractivity contribution in [3.05, 3.63) is 49.1 Å². The maximum atomic E-state index is 12.0. The normalized spacial score (nSPS) is 14.0. The van der Waals surface area contributed by atoms with Crippen molar-refractivity contribution in [1.29, 1.82) is 0 Å². The molecule has 21 heavy (non-hydrogen) atoms. The lowest BCUT2D eigenvalue weighted by molar-refractivity contribution is -0.118. The molecule has 0 heterocycles. The number of alkyl halides is 1. The predicted octanol–water partition coefficient (Wildman–Crippen LogP) is 6.42. The third kappa shape index (κ3) is 10.5. The highest BCUT2D eigenvalue weighted by Crippen LogP contribution is 2.21. The molecule has 0 fully saturated rings. The average Bonchev–Trinajstić information content (AvgIpc) is 2.52. The third-order valence-corrected chi connectivity index (χ3v) is 4.18. The summed E-state index contributed by atoms with van der Waals surface area (Å²) in [5, 5.41) is 0. The molecular weight excluding hydrogens is 324 g/mol. The molecule has 0 saturated carbocycles. The number of Topliss-reactive ketones (excluding diaryl/α,β-unsaturated/α-hetero) is 1. The Morgan fingerprint density at radius 3 is 2.33 bits per heavy atom. The highest BCUT2D eigenvalue weighted by molar-refractivity contribution is 9.10. The summed E-state index contributed by atoms with van der Waals surface area (Å²) in [5.41, 5.74) is 1.28. The van der Waals surface area contributed by atoms with Crippen molar-refractivity contribution in [2.45, 2.75) is 58.2 Å². The van der Waals surface area contributed by atoms with Crippen LogP contribution in [-0.4, -0.2) is 10.6 Å². The van der Waals surface area contributed by atoms with Crippen LogP contribution in [0.1, 0.15) is 53.4 Å². The molecule has 0 aliphatic carbocycles. The Labute approximate surface area is 140 Å². The molecule has 0 aromatic heterocycles. The minimum absolute atomic E-state index is 0.121. The van der Waals surface area contributed by atoms with Gasteiger partial charge in [0, 0.05) is 6.42 Å². The summed E-state index contributed by atoms with van der Waals surface area (Å²) in [5.74, 6) is 0.310. The lowest BCUT2D eigenvalue weighted by atomic mass is 9.97. The fourth-order valence-electron chi connectivity index (χ4n) is 1.82. The number of carbonyl (C=O) groups is 1. The van der Waals surface area contributed by atoms with Gasteiger partial charge in [0.1, 0.15) is 0 Å². The largest absolute Gasteiger partial charge is 0.298 e. The average molecular weight is 355 g/mol. The molecule has 120 valence electrons. The summed E-state index contributed by atoms with van der Waals surface area (Å²) in [7, 11) is 0. The van der Waals surface area contributed by atoms with Crippen LogP contribution in [0.2, 0.25) is 0 Å². The summed E-state index contributed by atoms with van der Waals surface area (Å²) in [4.78, 5) is 11.9.